The van der Waals surface area contributed by atoms with Crippen LogP contribution in [0.5, 0.6) is 0 Å². The molecule has 2 heterocycles. The number of benzene rings is 2. The molecule has 0 saturated carbocycles. The Hall–Kier alpha value is -3.94. The van der Waals surface area contributed by atoms with Crippen LogP contribution in [-0.4, -0.2) is 31.7 Å². The number of urea groups is 1. The number of fused-ring (bicyclic) bond motifs is 1. The number of nitrogens with zero attached hydrogens (tertiary/aromatic N) is 4. The van der Waals surface area contributed by atoms with Crippen molar-refractivity contribution in [2.45, 2.75) is 26.4 Å². The highest BCUT2D eigenvalue weighted by atomic mass is 16.2. The first-order chi connectivity index (χ1) is 14.6. The summed E-state index contributed by atoms with van der Waals surface area (Å²) in [4.78, 5) is 20.6. The van der Waals surface area contributed by atoms with Gasteiger partial charge in [0.2, 0.25) is 0 Å². The van der Waals surface area contributed by atoms with Crippen molar-refractivity contribution < 1.29 is 4.79 Å². The second kappa shape index (κ2) is 8.60. The van der Waals surface area contributed by atoms with Crippen molar-refractivity contribution >= 4 is 23.3 Å². The third kappa shape index (κ3) is 4.54. The molecule has 0 bridgehead atoms. The fraction of sp³-hybridized carbons (Fsp3) is 0.182. The van der Waals surface area contributed by atoms with Crippen LogP contribution in [0.1, 0.15) is 19.4 Å². The Labute approximate surface area is 174 Å². The number of carbonyl (C=O) groups excluding carboxylic acids is 1. The Morgan fingerprint density at radius 1 is 1.07 bits per heavy atom. The molecule has 8 heteroatoms. The number of hydrogen-bond acceptors (Lipinski definition) is 5. The van der Waals surface area contributed by atoms with Gasteiger partial charge in [0.25, 0.3) is 5.78 Å². The fourth-order valence-corrected chi connectivity index (χ4v) is 3.02. The average molecular weight is 401 g/mol. The number of rotatable bonds is 6. The van der Waals surface area contributed by atoms with Crippen LogP contribution < -0.4 is 16.0 Å². The molecule has 4 aromatic rings. The fourth-order valence-electron chi connectivity index (χ4n) is 3.02. The molecular weight excluding hydrogens is 378 g/mol. The van der Waals surface area contributed by atoms with Gasteiger partial charge in [0.15, 0.2) is 0 Å². The summed E-state index contributed by atoms with van der Waals surface area (Å²) in [6, 6.07) is 19.5. The first-order valence-electron chi connectivity index (χ1n) is 9.75. The van der Waals surface area contributed by atoms with Crippen molar-refractivity contribution in [1.29, 1.82) is 0 Å². The monoisotopic (exact) mass is 401 g/mol. The highest BCUT2D eigenvalue weighted by Crippen LogP contribution is 2.21. The third-order valence-electron chi connectivity index (χ3n) is 4.43. The number of aromatic nitrogens is 4. The summed E-state index contributed by atoms with van der Waals surface area (Å²) < 4.78 is 1.68. The van der Waals surface area contributed by atoms with E-state index in [0.717, 1.165) is 28.3 Å². The lowest BCUT2D eigenvalue weighted by Crippen LogP contribution is -2.34. The van der Waals surface area contributed by atoms with Crippen LogP contribution in [0.2, 0.25) is 0 Å². The summed E-state index contributed by atoms with van der Waals surface area (Å²) in [6.45, 7) is 4.43. The molecule has 0 radical (unpaired) electrons. The molecule has 152 valence electrons. The summed E-state index contributed by atoms with van der Waals surface area (Å²) in [7, 11) is 0. The van der Waals surface area contributed by atoms with E-state index in [1.54, 1.807) is 4.52 Å². The summed E-state index contributed by atoms with van der Waals surface area (Å²) in [5.41, 5.74) is 3.65. The number of nitrogens with one attached hydrogen (secondary N) is 3. The number of anilines is 2. The first kappa shape index (κ1) is 19.4. The van der Waals surface area contributed by atoms with E-state index in [9.17, 15) is 4.79 Å². The van der Waals surface area contributed by atoms with Crippen molar-refractivity contribution in [3.63, 3.8) is 0 Å². The van der Waals surface area contributed by atoms with Crippen molar-refractivity contribution in [1.82, 2.24) is 24.9 Å². The molecule has 4 rings (SSSR count). The summed E-state index contributed by atoms with van der Waals surface area (Å²) in [6.07, 6.45) is 1.49. The van der Waals surface area contributed by atoms with E-state index in [1.807, 2.05) is 74.5 Å². The molecule has 0 fully saturated rings. The van der Waals surface area contributed by atoms with E-state index in [4.69, 9.17) is 0 Å². The maximum absolute atomic E-state index is 11.8. The van der Waals surface area contributed by atoms with E-state index in [2.05, 4.69) is 31.0 Å². The minimum absolute atomic E-state index is 0.0863. The van der Waals surface area contributed by atoms with Crippen molar-refractivity contribution in [2.75, 3.05) is 10.6 Å². The van der Waals surface area contributed by atoms with Gasteiger partial charge in [-0.15, -0.1) is 0 Å². The van der Waals surface area contributed by atoms with Gasteiger partial charge >= 0.3 is 6.03 Å². The quantitative estimate of drug-likeness (QED) is 0.455. The topological polar surface area (TPSA) is 96.2 Å². The van der Waals surface area contributed by atoms with Gasteiger partial charge in [-0.3, -0.25) is 0 Å². The summed E-state index contributed by atoms with van der Waals surface area (Å²) >= 11 is 0. The van der Waals surface area contributed by atoms with Gasteiger partial charge in [0.1, 0.15) is 12.1 Å². The number of carbonyl (C=O) groups is 1. The smallest absolute Gasteiger partial charge is 0.319 e. The second-order valence-corrected chi connectivity index (χ2v) is 7.17. The molecule has 2 aromatic heterocycles. The summed E-state index contributed by atoms with van der Waals surface area (Å²) in [5.74, 6) is 1.34. The highest BCUT2D eigenvalue weighted by molar-refractivity contribution is 5.89. The van der Waals surface area contributed by atoms with Gasteiger partial charge in [-0.2, -0.15) is 14.6 Å². The van der Waals surface area contributed by atoms with Crippen molar-refractivity contribution in [2.24, 2.45) is 0 Å². The third-order valence-corrected chi connectivity index (χ3v) is 4.43. The largest absolute Gasteiger partial charge is 0.366 e. The maximum atomic E-state index is 11.8. The molecule has 0 saturated heterocycles. The normalized spacial score (nSPS) is 10.9. The van der Waals surface area contributed by atoms with E-state index in [0.29, 0.717) is 12.3 Å². The zero-order chi connectivity index (χ0) is 20.9. The highest BCUT2D eigenvalue weighted by Gasteiger charge is 2.09. The summed E-state index contributed by atoms with van der Waals surface area (Å²) in [5, 5.41) is 13.3. The van der Waals surface area contributed by atoms with Crippen LogP contribution in [0.25, 0.3) is 17.0 Å². The van der Waals surface area contributed by atoms with Crippen molar-refractivity contribution in [3.8, 4) is 11.3 Å². The van der Waals surface area contributed by atoms with Crippen molar-refractivity contribution in [3.05, 3.63) is 72.6 Å². The van der Waals surface area contributed by atoms with Gasteiger partial charge in [-0.05, 0) is 31.5 Å². The van der Waals surface area contributed by atoms with Gasteiger partial charge < -0.3 is 16.0 Å². The lowest BCUT2D eigenvalue weighted by Gasteiger charge is -2.12. The van der Waals surface area contributed by atoms with Gasteiger partial charge in [-0.25, -0.2) is 9.78 Å². The standard InChI is InChI=1S/C22H23N7O/c1-15(2)26-22(30)27-18-10-8-16(9-11-18)13-23-20-12-19(17-6-4-3-5-7-17)28-21-24-14-25-29(20)21/h3-12,14-15,23H,13H2,1-2H3,(H2,26,27,30). The second-order valence-electron chi connectivity index (χ2n) is 7.17. The molecule has 30 heavy (non-hydrogen) atoms. The predicted octanol–water partition coefficient (Wildman–Crippen LogP) is 3.93. The molecule has 0 aliphatic rings. The lowest BCUT2D eigenvalue weighted by atomic mass is 10.1. The Morgan fingerprint density at radius 3 is 2.57 bits per heavy atom. The van der Waals surface area contributed by atoms with E-state index in [1.165, 1.54) is 6.33 Å². The zero-order valence-corrected chi connectivity index (χ0v) is 16.8. The van der Waals surface area contributed by atoms with Crippen LogP contribution in [0.4, 0.5) is 16.3 Å². The molecule has 2 aromatic carbocycles. The van der Waals surface area contributed by atoms with Crippen LogP contribution in [-0.2, 0) is 6.54 Å². The van der Waals surface area contributed by atoms with Crippen LogP contribution in [0, 0.1) is 0 Å². The SMILES string of the molecule is CC(C)NC(=O)Nc1ccc(CNc2cc(-c3ccccc3)nc3ncnn23)cc1. The Morgan fingerprint density at radius 2 is 1.83 bits per heavy atom. The Kier molecular flexibility index (Phi) is 5.56. The predicted molar refractivity (Wildman–Crippen MR) is 117 cm³/mol. The zero-order valence-electron chi connectivity index (χ0n) is 16.8. The minimum atomic E-state index is -0.213. The van der Waals surface area contributed by atoms with Crippen LogP contribution in [0.15, 0.2) is 67.0 Å². The van der Waals surface area contributed by atoms with Crippen LogP contribution >= 0.6 is 0 Å². The molecule has 8 nitrogen and oxygen atoms in total. The molecule has 0 aliphatic heterocycles. The maximum Gasteiger partial charge on any atom is 0.319 e. The lowest BCUT2D eigenvalue weighted by molar-refractivity contribution is 0.250. The molecule has 0 aliphatic carbocycles. The van der Waals surface area contributed by atoms with Gasteiger partial charge in [0, 0.05) is 29.9 Å². The molecule has 0 atom stereocenters. The van der Waals surface area contributed by atoms with E-state index >= 15 is 0 Å². The molecule has 3 N–H and O–H groups in total. The molecule has 0 spiro atoms. The molecular formula is C22H23N7O. The van der Waals surface area contributed by atoms with E-state index < -0.39 is 0 Å². The first-order valence-corrected chi connectivity index (χ1v) is 9.75. The Balaban J connectivity index is 1.48. The average Bonchev–Trinajstić information content (AvgIpc) is 3.22. The molecule has 2 amide bonds. The van der Waals surface area contributed by atoms with Gasteiger partial charge in [-0.1, -0.05) is 42.5 Å². The Bertz CT molecular complexity index is 1140. The van der Waals surface area contributed by atoms with Crippen LogP contribution in [0.3, 0.4) is 0 Å². The number of amides is 2. The van der Waals surface area contributed by atoms with E-state index in [-0.39, 0.29) is 12.1 Å². The number of hydrogen-bond donors (Lipinski definition) is 3. The minimum Gasteiger partial charge on any atom is -0.366 e. The molecule has 0 unspecified atom stereocenters. The van der Waals surface area contributed by atoms with Gasteiger partial charge in [0.05, 0.1) is 5.69 Å².